The number of nitrogens with one attached hydrogen (secondary N) is 2. The van der Waals surface area contributed by atoms with Crippen LogP contribution in [-0.4, -0.2) is 30.2 Å². The predicted octanol–water partition coefficient (Wildman–Crippen LogP) is 2.35. The zero-order valence-corrected chi connectivity index (χ0v) is 12.3. The molecular weight excluding hydrogens is 244 g/mol. The van der Waals surface area contributed by atoms with E-state index in [4.69, 9.17) is 4.74 Å². The maximum Gasteiger partial charge on any atom is 0.407 e. The molecule has 0 radical (unpaired) electrons. The third kappa shape index (κ3) is 7.70. The monoisotopic (exact) mass is 270 g/mol. The average Bonchev–Trinajstić information content (AvgIpc) is 2.27. The lowest BCUT2D eigenvalue weighted by molar-refractivity contribution is -0.121. The minimum atomic E-state index is -0.506. The fourth-order valence-electron chi connectivity index (χ4n) is 2.14. The van der Waals surface area contributed by atoms with Crippen molar-refractivity contribution in [1.29, 1.82) is 0 Å². The van der Waals surface area contributed by atoms with Gasteiger partial charge in [0.1, 0.15) is 5.60 Å². The molecule has 0 spiro atoms. The fourth-order valence-corrected chi connectivity index (χ4v) is 2.14. The molecule has 1 rings (SSSR count). The van der Waals surface area contributed by atoms with Crippen LogP contribution in [0.1, 0.15) is 59.3 Å². The summed E-state index contributed by atoms with van der Waals surface area (Å²) in [4.78, 5) is 23.0. The molecule has 0 aromatic carbocycles. The zero-order valence-electron chi connectivity index (χ0n) is 12.3. The summed E-state index contributed by atoms with van der Waals surface area (Å²) in [5.74, 6) is 0.00274. The number of alkyl carbamates (subject to hydrolysis) is 1. The molecule has 0 bridgehead atoms. The van der Waals surface area contributed by atoms with E-state index in [0.717, 1.165) is 12.8 Å². The summed E-state index contributed by atoms with van der Waals surface area (Å²) in [6.45, 7) is 5.74. The van der Waals surface area contributed by atoms with Crippen molar-refractivity contribution >= 4 is 12.0 Å². The second kappa shape index (κ2) is 7.36. The van der Waals surface area contributed by atoms with Crippen molar-refractivity contribution in [3.63, 3.8) is 0 Å². The van der Waals surface area contributed by atoms with Crippen molar-refractivity contribution < 1.29 is 14.3 Å². The topological polar surface area (TPSA) is 67.4 Å². The maximum atomic E-state index is 11.7. The number of rotatable bonds is 4. The highest BCUT2D eigenvalue weighted by atomic mass is 16.6. The van der Waals surface area contributed by atoms with Gasteiger partial charge in [0.25, 0.3) is 0 Å². The lowest BCUT2D eigenvalue weighted by atomic mass is 9.95. The highest BCUT2D eigenvalue weighted by molar-refractivity contribution is 5.77. The van der Waals surface area contributed by atoms with E-state index in [9.17, 15) is 9.59 Å². The number of amides is 2. The van der Waals surface area contributed by atoms with Crippen LogP contribution in [-0.2, 0) is 9.53 Å². The van der Waals surface area contributed by atoms with Crippen molar-refractivity contribution in [2.75, 3.05) is 6.54 Å². The number of hydrogen-bond acceptors (Lipinski definition) is 3. The van der Waals surface area contributed by atoms with E-state index in [1.54, 1.807) is 0 Å². The summed E-state index contributed by atoms with van der Waals surface area (Å²) in [5, 5.41) is 5.60. The minimum Gasteiger partial charge on any atom is -0.444 e. The normalized spacial score (nSPS) is 16.8. The number of carbonyl (C=O) groups excluding carboxylic acids is 2. The van der Waals surface area contributed by atoms with E-state index in [2.05, 4.69) is 10.6 Å². The molecule has 1 saturated carbocycles. The maximum absolute atomic E-state index is 11.7. The van der Waals surface area contributed by atoms with Crippen molar-refractivity contribution in [1.82, 2.24) is 10.6 Å². The lowest BCUT2D eigenvalue weighted by Crippen LogP contribution is -2.39. The molecule has 1 aliphatic carbocycles. The van der Waals surface area contributed by atoms with Gasteiger partial charge in [-0.1, -0.05) is 19.3 Å². The summed E-state index contributed by atoms with van der Waals surface area (Å²) in [7, 11) is 0. The smallest absolute Gasteiger partial charge is 0.407 e. The van der Waals surface area contributed by atoms with Crippen LogP contribution >= 0.6 is 0 Å². The average molecular weight is 270 g/mol. The Morgan fingerprint density at radius 2 is 1.79 bits per heavy atom. The molecule has 110 valence electrons. The van der Waals surface area contributed by atoms with Gasteiger partial charge in [0.2, 0.25) is 5.91 Å². The van der Waals surface area contributed by atoms with Crippen LogP contribution in [0.3, 0.4) is 0 Å². The summed E-state index contributed by atoms with van der Waals surface area (Å²) >= 11 is 0. The molecule has 5 nitrogen and oxygen atoms in total. The Balaban J connectivity index is 2.11. The number of ether oxygens (including phenoxy) is 1. The van der Waals surface area contributed by atoms with Crippen molar-refractivity contribution in [3.05, 3.63) is 0 Å². The van der Waals surface area contributed by atoms with Crippen molar-refractivity contribution in [3.8, 4) is 0 Å². The van der Waals surface area contributed by atoms with Gasteiger partial charge >= 0.3 is 6.09 Å². The molecule has 1 fully saturated rings. The highest BCUT2D eigenvalue weighted by Gasteiger charge is 2.17. The van der Waals surface area contributed by atoms with Gasteiger partial charge in [-0.15, -0.1) is 0 Å². The van der Waals surface area contributed by atoms with E-state index in [0.29, 0.717) is 19.0 Å². The molecule has 2 amide bonds. The van der Waals surface area contributed by atoms with Crippen LogP contribution in [0.25, 0.3) is 0 Å². The molecule has 0 aromatic heterocycles. The van der Waals surface area contributed by atoms with E-state index >= 15 is 0 Å². The van der Waals surface area contributed by atoms with Crippen molar-refractivity contribution in [2.45, 2.75) is 70.9 Å². The number of hydrogen-bond donors (Lipinski definition) is 2. The first kappa shape index (κ1) is 15.8. The van der Waals surface area contributed by atoms with Gasteiger partial charge in [0.15, 0.2) is 0 Å². The van der Waals surface area contributed by atoms with Crippen LogP contribution in [0.5, 0.6) is 0 Å². The third-order valence-corrected chi connectivity index (χ3v) is 2.99. The van der Waals surface area contributed by atoms with Crippen LogP contribution in [0, 0.1) is 0 Å². The van der Waals surface area contributed by atoms with Gasteiger partial charge in [0.05, 0.1) is 0 Å². The fraction of sp³-hybridized carbons (Fsp3) is 0.857. The van der Waals surface area contributed by atoms with Gasteiger partial charge in [0, 0.05) is 19.0 Å². The molecule has 0 saturated heterocycles. The van der Waals surface area contributed by atoms with Gasteiger partial charge < -0.3 is 15.4 Å². The molecule has 0 unspecified atom stereocenters. The molecule has 0 aromatic rings. The van der Waals surface area contributed by atoms with E-state index < -0.39 is 11.7 Å². The molecule has 1 aliphatic rings. The van der Waals surface area contributed by atoms with Crippen LogP contribution in [0.4, 0.5) is 4.79 Å². The predicted molar refractivity (Wildman–Crippen MR) is 73.9 cm³/mol. The van der Waals surface area contributed by atoms with E-state index in [1.165, 1.54) is 19.3 Å². The number of carbonyl (C=O) groups is 2. The summed E-state index contributed by atoms with van der Waals surface area (Å²) in [6, 6.07) is 0.322. The van der Waals surface area contributed by atoms with E-state index in [1.807, 2.05) is 20.8 Å². The van der Waals surface area contributed by atoms with Crippen molar-refractivity contribution in [2.24, 2.45) is 0 Å². The molecule has 0 aliphatic heterocycles. The first-order valence-electron chi connectivity index (χ1n) is 7.13. The van der Waals surface area contributed by atoms with Crippen LogP contribution < -0.4 is 10.6 Å². The molecule has 2 N–H and O–H groups in total. The zero-order chi connectivity index (χ0) is 14.3. The summed E-state index contributed by atoms with van der Waals surface area (Å²) in [6.07, 6.45) is 5.64. The third-order valence-electron chi connectivity index (χ3n) is 2.99. The Hall–Kier alpha value is -1.26. The molecule has 0 atom stereocenters. The Bertz CT molecular complexity index is 304. The Morgan fingerprint density at radius 3 is 2.37 bits per heavy atom. The first-order valence-corrected chi connectivity index (χ1v) is 7.13. The van der Waals surface area contributed by atoms with Gasteiger partial charge in [-0.2, -0.15) is 0 Å². The van der Waals surface area contributed by atoms with Gasteiger partial charge in [-0.3, -0.25) is 4.79 Å². The summed E-state index contributed by atoms with van der Waals surface area (Å²) in [5.41, 5.74) is -0.506. The largest absolute Gasteiger partial charge is 0.444 e. The highest BCUT2D eigenvalue weighted by Crippen LogP contribution is 2.17. The van der Waals surface area contributed by atoms with E-state index in [-0.39, 0.29) is 5.91 Å². The van der Waals surface area contributed by atoms with Crippen LogP contribution in [0.15, 0.2) is 0 Å². The second-order valence-electron chi connectivity index (χ2n) is 6.08. The Labute approximate surface area is 115 Å². The second-order valence-corrected chi connectivity index (χ2v) is 6.08. The molecule has 5 heteroatoms. The minimum absolute atomic E-state index is 0.00274. The molecular formula is C14H26N2O3. The SMILES string of the molecule is CC(C)(C)OC(=O)NCCC(=O)NC1CCCCC1. The molecule has 19 heavy (non-hydrogen) atoms. The van der Waals surface area contributed by atoms with Crippen LogP contribution in [0.2, 0.25) is 0 Å². The summed E-state index contributed by atoms with van der Waals surface area (Å²) < 4.78 is 5.09. The lowest BCUT2D eigenvalue weighted by Gasteiger charge is -2.23. The standard InChI is InChI=1S/C14H26N2O3/c1-14(2,3)19-13(18)15-10-9-12(17)16-11-7-5-4-6-8-11/h11H,4-10H2,1-3H3,(H,15,18)(H,16,17). The van der Waals surface area contributed by atoms with Gasteiger partial charge in [-0.05, 0) is 33.6 Å². The quantitative estimate of drug-likeness (QED) is 0.824. The first-order chi connectivity index (χ1) is 8.87. The molecule has 0 heterocycles. The Kier molecular flexibility index (Phi) is 6.12. The Morgan fingerprint density at radius 1 is 1.16 bits per heavy atom. The van der Waals surface area contributed by atoms with Gasteiger partial charge in [-0.25, -0.2) is 4.79 Å².